The number of aliphatic hydroxyl groups excluding tert-OH is 2. The lowest BCUT2D eigenvalue weighted by Crippen LogP contribution is -2.43. The summed E-state index contributed by atoms with van der Waals surface area (Å²) in [6.07, 6.45) is 3.02. The molecule has 0 aromatic carbocycles. The van der Waals surface area contributed by atoms with Gasteiger partial charge in [-0.15, -0.1) is 0 Å². The Balaban J connectivity index is 2.60. The maximum Gasteiger partial charge on any atom is 0.192 e. The highest BCUT2D eigenvalue weighted by Gasteiger charge is 2.42. The SMILES string of the molecule is CC(C)(C)[Si](C)(C)O[C@H]1C[C@@H](CCO)[C@@H](CO)C1. The van der Waals surface area contributed by atoms with Crippen LogP contribution in [0.25, 0.3) is 0 Å². The Hall–Kier alpha value is 0.0969. The lowest BCUT2D eigenvalue weighted by Gasteiger charge is -2.38. The molecule has 0 heterocycles. The van der Waals surface area contributed by atoms with Crippen molar-refractivity contribution in [1.82, 2.24) is 0 Å². The molecule has 0 bridgehead atoms. The Morgan fingerprint density at radius 3 is 2.11 bits per heavy atom. The second-order valence-electron chi connectivity index (χ2n) is 7.19. The quantitative estimate of drug-likeness (QED) is 0.758. The van der Waals surface area contributed by atoms with E-state index in [0.717, 1.165) is 19.3 Å². The number of hydrogen-bond acceptors (Lipinski definition) is 3. The van der Waals surface area contributed by atoms with Crippen LogP contribution in [0.15, 0.2) is 0 Å². The summed E-state index contributed by atoms with van der Waals surface area (Å²) >= 11 is 0. The summed E-state index contributed by atoms with van der Waals surface area (Å²) in [5.74, 6) is 0.738. The molecule has 0 aromatic heterocycles. The number of aliphatic hydroxyl groups is 2. The Morgan fingerprint density at radius 1 is 1.11 bits per heavy atom. The highest BCUT2D eigenvalue weighted by Crippen LogP contribution is 2.42. The number of hydrogen-bond donors (Lipinski definition) is 2. The van der Waals surface area contributed by atoms with Gasteiger partial charge in [-0.25, -0.2) is 0 Å². The van der Waals surface area contributed by atoms with Gasteiger partial charge in [0.1, 0.15) is 0 Å². The van der Waals surface area contributed by atoms with Crippen LogP contribution in [-0.2, 0) is 4.43 Å². The third kappa shape index (κ3) is 3.79. The molecule has 0 aliphatic heterocycles. The second-order valence-corrected chi connectivity index (χ2v) is 11.9. The molecule has 1 aliphatic rings. The van der Waals surface area contributed by atoms with Crippen molar-refractivity contribution in [2.75, 3.05) is 13.2 Å². The standard InChI is InChI=1S/C14H30O3Si/c1-14(2,3)18(4,5)17-13-8-11(6-7-15)12(9-13)10-16/h11-13,15-16H,6-10H2,1-5H3/t11-,12-,13+/m1/s1. The molecule has 18 heavy (non-hydrogen) atoms. The number of rotatable bonds is 5. The van der Waals surface area contributed by atoms with Crippen LogP contribution in [0.5, 0.6) is 0 Å². The zero-order valence-corrected chi connectivity index (χ0v) is 13.6. The Kier molecular flexibility index (Phi) is 5.41. The van der Waals surface area contributed by atoms with Gasteiger partial charge in [-0.1, -0.05) is 20.8 Å². The van der Waals surface area contributed by atoms with Gasteiger partial charge in [0, 0.05) is 19.3 Å². The van der Waals surface area contributed by atoms with Gasteiger partial charge in [-0.05, 0) is 49.2 Å². The first-order chi connectivity index (χ1) is 8.21. The summed E-state index contributed by atoms with van der Waals surface area (Å²) in [5, 5.41) is 18.7. The molecule has 4 heteroatoms. The van der Waals surface area contributed by atoms with Gasteiger partial charge in [-0.2, -0.15) is 0 Å². The third-order valence-corrected chi connectivity index (χ3v) is 9.33. The predicted octanol–water partition coefficient (Wildman–Crippen LogP) is 2.78. The smallest absolute Gasteiger partial charge is 0.192 e. The van der Waals surface area contributed by atoms with Gasteiger partial charge in [-0.3, -0.25) is 0 Å². The average Bonchev–Trinajstić information content (AvgIpc) is 2.58. The van der Waals surface area contributed by atoms with Crippen LogP contribution < -0.4 is 0 Å². The van der Waals surface area contributed by atoms with Gasteiger partial charge in [0.25, 0.3) is 0 Å². The Bertz CT molecular complexity index is 260. The van der Waals surface area contributed by atoms with E-state index in [4.69, 9.17) is 9.53 Å². The fraction of sp³-hybridized carbons (Fsp3) is 1.00. The summed E-state index contributed by atoms with van der Waals surface area (Å²) in [6, 6.07) is 0. The van der Waals surface area contributed by atoms with Crippen molar-refractivity contribution in [3.05, 3.63) is 0 Å². The van der Waals surface area contributed by atoms with Crippen molar-refractivity contribution in [1.29, 1.82) is 0 Å². The van der Waals surface area contributed by atoms with E-state index in [1.54, 1.807) is 0 Å². The largest absolute Gasteiger partial charge is 0.414 e. The molecule has 3 nitrogen and oxygen atoms in total. The summed E-state index contributed by atoms with van der Waals surface area (Å²) in [5.41, 5.74) is 0. The lowest BCUT2D eigenvalue weighted by molar-refractivity contribution is 0.163. The van der Waals surface area contributed by atoms with E-state index in [1.807, 2.05) is 0 Å². The summed E-state index contributed by atoms with van der Waals surface area (Å²) in [6.45, 7) is 11.8. The van der Waals surface area contributed by atoms with Crippen LogP contribution >= 0.6 is 0 Å². The minimum absolute atomic E-state index is 0.216. The first-order valence-electron chi connectivity index (χ1n) is 7.11. The molecule has 1 aliphatic carbocycles. The van der Waals surface area contributed by atoms with E-state index in [1.165, 1.54) is 0 Å². The van der Waals surface area contributed by atoms with Crippen molar-refractivity contribution < 1.29 is 14.6 Å². The van der Waals surface area contributed by atoms with Crippen molar-refractivity contribution >= 4 is 8.32 Å². The molecular weight excluding hydrogens is 244 g/mol. The molecule has 0 unspecified atom stereocenters. The Labute approximate surface area is 113 Å². The Morgan fingerprint density at radius 2 is 1.67 bits per heavy atom. The fourth-order valence-corrected chi connectivity index (χ4v) is 3.97. The van der Waals surface area contributed by atoms with E-state index in [0.29, 0.717) is 11.8 Å². The van der Waals surface area contributed by atoms with Gasteiger partial charge < -0.3 is 14.6 Å². The van der Waals surface area contributed by atoms with Crippen molar-refractivity contribution in [3.63, 3.8) is 0 Å². The third-order valence-electron chi connectivity index (χ3n) is 4.80. The van der Waals surface area contributed by atoms with Gasteiger partial charge in [0.05, 0.1) is 0 Å². The maximum absolute atomic E-state index is 9.41. The molecule has 0 saturated heterocycles. The minimum Gasteiger partial charge on any atom is -0.414 e. The summed E-state index contributed by atoms with van der Waals surface area (Å²) < 4.78 is 6.42. The van der Waals surface area contributed by atoms with Gasteiger partial charge >= 0.3 is 0 Å². The lowest BCUT2D eigenvalue weighted by atomic mass is 9.94. The molecule has 0 amide bonds. The fourth-order valence-electron chi connectivity index (χ4n) is 2.59. The zero-order valence-electron chi connectivity index (χ0n) is 12.6. The molecule has 2 N–H and O–H groups in total. The normalized spacial score (nSPS) is 29.8. The van der Waals surface area contributed by atoms with E-state index in [-0.39, 0.29) is 24.4 Å². The monoisotopic (exact) mass is 274 g/mol. The molecule has 1 saturated carbocycles. The second kappa shape index (κ2) is 6.03. The molecular formula is C14H30O3Si. The van der Waals surface area contributed by atoms with Crippen LogP contribution in [0.2, 0.25) is 18.1 Å². The van der Waals surface area contributed by atoms with Crippen LogP contribution in [0.4, 0.5) is 0 Å². The molecule has 1 rings (SSSR count). The van der Waals surface area contributed by atoms with Gasteiger partial charge in [0.2, 0.25) is 0 Å². The van der Waals surface area contributed by atoms with Crippen molar-refractivity contribution in [2.45, 2.75) is 64.3 Å². The highest BCUT2D eigenvalue weighted by molar-refractivity contribution is 6.74. The average molecular weight is 274 g/mol. The van der Waals surface area contributed by atoms with Crippen LogP contribution in [0.1, 0.15) is 40.0 Å². The minimum atomic E-state index is -1.71. The molecule has 0 radical (unpaired) electrons. The van der Waals surface area contributed by atoms with Crippen LogP contribution in [0, 0.1) is 11.8 Å². The summed E-state index contributed by atoms with van der Waals surface area (Å²) in [4.78, 5) is 0. The predicted molar refractivity (Wildman–Crippen MR) is 77.1 cm³/mol. The highest BCUT2D eigenvalue weighted by atomic mass is 28.4. The zero-order chi connectivity index (χ0) is 14.0. The summed E-state index contributed by atoms with van der Waals surface area (Å²) in [7, 11) is -1.71. The van der Waals surface area contributed by atoms with Crippen molar-refractivity contribution in [3.8, 4) is 0 Å². The molecule has 108 valence electrons. The molecule has 3 atom stereocenters. The molecule has 1 fully saturated rings. The van der Waals surface area contributed by atoms with Crippen molar-refractivity contribution in [2.24, 2.45) is 11.8 Å². The van der Waals surface area contributed by atoms with E-state index in [9.17, 15) is 5.11 Å². The molecule has 0 spiro atoms. The van der Waals surface area contributed by atoms with E-state index < -0.39 is 8.32 Å². The van der Waals surface area contributed by atoms with E-state index >= 15 is 0 Å². The molecule has 0 aromatic rings. The van der Waals surface area contributed by atoms with Crippen LogP contribution in [-0.4, -0.2) is 37.8 Å². The first-order valence-corrected chi connectivity index (χ1v) is 10.0. The van der Waals surface area contributed by atoms with E-state index in [2.05, 4.69) is 33.9 Å². The first kappa shape index (κ1) is 16.2. The topological polar surface area (TPSA) is 49.7 Å². The van der Waals surface area contributed by atoms with Gasteiger partial charge in [0.15, 0.2) is 8.32 Å². The van der Waals surface area contributed by atoms with Crippen LogP contribution in [0.3, 0.4) is 0 Å². The maximum atomic E-state index is 9.41.